The first kappa shape index (κ1) is 11.9. The second kappa shape index (κ2) is 5.19. The van der Waals surface area contributed by atoms with Crippen molar-refractivity contribution in [2.75, 3.05) is 7.11 Å². The van der Waals surface area contributed by atoms with Gasteiger partial charge in [-0.3, -0.25) is 4.79 Å². The van der Waals surface area contributed by atoms with E-state index in [1.165, 1.54) is 11.1 Å². The number of hydrogen-bond donors (Lipinski definition) is 1. The minimum Gasteiger partial charge on any atom is -0.496 e. The Kier molecular flexibility index (Phi) is 3.64. The number of rotatable bonds is 5. The first-order valence-corrected chi connectivity index (χ1v) is 5.69. The van der Waals surface area contributed by atoms with Crippen molar-refractivity contribution in [3.8, 4) is 5.75 Å². The molecule has 17 heavy (non-hydrogen) atoms. The summed E-state index contributed by atoms with van der Waals surface area (Å²) < 4.78 is 10.7. The van der Waals surface area contributed by atoms with Crippen molar-refractivity contribution in [1.29, 1.82) is 0 Å². The minimum atomic E-state index is -0.756. The normalized spacial score (nSPS) is 13.5. The topological polar surface area (TPSA) is 55.8 Å². The molecule has 1 aromatic carbocycles. The van der Waals surface area contributed by atoms with Gasteiger partial charge in [0.15, 0.2) is 0 Å². The van der Waals surface area contributed by atoms with E-state index in [-0.39, 0.29) is 6.42 Å². The summed E-state index contributed by atoms with van der Waals surface area (Å²) in [5.41, 5.74) is 3.43. The maximum absolute atomic E-state index is 10.5. The van der Waals surface area contributed by atoms with Crippen LogP contribution in [0.2, 0.25) is 0 Å². The zero-order valence-corrected chi connectivity index (χ0v) is 9.86. The molecule has 0 amide bonds. The second-order valence-electron chi connectivity index (χ2n) is 4.17. The largest absolute Gasteiger partial charge is 0.496 e. The molecule has 1 N–H and O–H groups in total. The molecule has 0 saturated heterocycles. The molecule has 92 valence electrons. The van der Waals surface area contributed by atoms with Gasteiger partial charge in [0.1, 0.15) is 5.75 Å². The van der Waals surface area contributed by atoms with E-state index in [4.69, 9.17) is 14.6 Å². The predicted molar refractivity (Wildman–Crippen MR) is 62.1 cm³/mol. The van der Waals surface area contributed by atoms with Gasteiger partial charge in [-0.05, 0) is 41.7 Å². The fourth-order valence-electron chi connectivity index (χ4n) is 2.07. The van der Waals surface area contributed by atoms with Crippen molar-refractivity contribution in [1.82, 2.24) is 0 Å². The van der Waals surface area contributed by atoms with Crippen LogP contribution < -0.4 is 4.74 Å². The van der Waals surface area contributed by atoms with Crippen LogP contribution >= 0.6 is 0 Å². The fraction of sp³-hybridized carbons (Fsp3) is 0.462. The van der Waals surface area contributed by atoms with Crippen LogP contribution in [0, 0.1) is 0 Å². The Morgan fingerprint density at radius 2 is 2.12 bits per heavy atom. The smallest absolute Gasteiger partial charge is 0.303 e. The number of methoxy groups -OCH3 is 1. The molecule has 1 aliphatic rings. The molecular formula is C13H16O4. The van der Waals surface area contributed by atoms with Gasteiger partial charge in [0.25, 0.3) is 0 Å². The fourth-order valence-corrected chi connectivity index (χ4v) is 2.07. The Morgan fingerprint density at radius 1 is 1.41 bits per heavy atom. The van der Waals surface area contributed by atoms with Gasteiger partial charge in [-0.15, -0.1) is 0 Å². The summed E-state index contributed by atoms with van der Waals surface area (Å²) in [4.78, 5) is 10.5. The summed E-state index contributed by atoms with van der Waals surface area (Å²) in [6.45, 7) is 1.28. The van der Waals surface area contributed by atoms with Gasteiger partial charge in [-0.1, -0.05) is 0 Å². The lowest BCUT2D eigenvalue weighted by molar-refractivity contribution is -0.137. The number of aliphatic carboxylic acids is 1. The lowest BCUT2D eigenvalue weighted by Gasteiger charge is -2.10. The standard InChI is InChI=1S/C13H16O4/c1-16-12-6-11-8-17-7-10(11)5-9(12)3-2-4-13(14)15/h5-6H,2-4,7-8H2,1H3,(H,14,15). The second-order valence-corrected chi connectivity index (χ2v) is 4.17. The maximum atomic E-state index is 10.5. The molecule has 0 aromatic heterocycles. The Hall–Kier alpha value is -1.55. The zero-order valence-electron chi connectivity index (χ0n) is 9.86. The van der Waals surface area contributed by atoms with E-state index in [0.29, 0.717) is 19.6 Å². The van der Waals surface area contributed by atoms with Crippen LogP contribution in [0.5, 0.6) is 5.75 Å². The van der Waals surface area contributed by atoms with Crippen LogP contribution in [-0.4, -0.2) is 18.2 Å². The molecule has 0 unspecified atom stereocenters. The predicted octanol–water partition coefficient (Wildman–Crippen LogP) is 2.13. The van der Waals surface area contributed by atoms with E-state index in [2.05, 4.69) is 6.07 Å². The third-order valence-corrected chi connectivity index (χ3v) is 2.95. The molecular weight excluding hydrogens is 220 g/mol. The quantitative estimate of drug-likeness (QED) is 0.850. The van der Waals surface area contributed by atoms with E-state index in [1.807, 2.05) is 6.07 Å². The van der Waals surface area contributed by atoms with Crippen LogP contribution in [0.25, 0.3) is 0 Å². The molecule has 0 saturated carbocycles. The van der Waals surface area contributed by atoms with Gasteiger partial charge in [0.05, 0.1) is 20.3 Å². The van der Waals surface area contributed by atoms with Gasteiger partial charge in [0, 0.05) is 6.42 Å². The minimum absolute atomic E-state index is 0.191. The van der Waals surface area contributed by atoms with Gasteiger partial charge in [-0.25, -0.2) is 0 Å². The molecule has 2 rings (SSSR count). The van der Waals surface area contributed by atoms with Gasteiger partial charge in [-0.2, -0.15) is 0 Å². The SMILES string of the molecule is COc1cc2c(cc1CCCC(=O)O)COC2. The Labute approximate surface area is 100 Å². The lowest BCUT2D eigenvalue weighted by Crippen LogP contribution is -1.99. The van der Waals surface area contributed by atoms with E-state index in [9.17, 15) is 4.79 Å². The average Bonchev–Trinajstić information content (AvgIpc) is 2.74. The molecule has 4 nitrogen and oxygen atoms in total. The van der Waals surface area contributed by atoms with Crippen molar-refractivity contribution in [2.45, 2.75) is 32.5 Å². The summed E-state index contributed by atoms with van der Waals surface area (Å²) >= 11 is 0. The molecule has 0 atom stereocenters. The zero-order chi connectivity index (χ0) is 12.3. The van der Waals surface area contributed by atoms with Crippen LogP contribution in [0.4, 0.5) is 0 Å². The number of carboxylic acid groups (broad SMARTS) is 1. The highest BCUT2D eigenvalue weighted by molar-refractivity contribution is 5.66. The number of carboxylic acids is 1. The molecule has 0 aliphatic carbocycles. The van der Waals surface area contributed by atoms with Gasteiger partial charge >= 0.3 is 5.97 Å². The van der Waals surface area contributed by atoms with Gasteiger partial charge in [0.2, 0.25) is 0 Å². The molecule has 0 bridgehead atoms. The van der Waals surface area contributed by atoms with Gasteiger partial charge < -0.3 is 14.6 Å². The molecule has 0 fully saturated rings. The van der Waals surface area contributed by atoms with Crippen molar-refractivity contribution in [3.63, 3.8) is 0 Å². The molecule has 1 aromatic rings. The first-order chi connectivity index (χ1) is 8.20. The highest BCUT2D eigenvalue weighted by atomic mass is 16.5. The third-order valence-electron chi connectivity index (χ3n) is 2.95. The summed E-state index contributed by atoms with van der Waals surface area (Å²) in [5.74, 6) is 0.0769. The number of benzene rings is 1. The van der Waals surface area contributed by atoms with Crippen LogP contribution in [0.15, 0.2) is 12.1 Å². The summed E-state index contributed by atoms with van der Waals surface area (Å²) in [5, 5.41) is 8.62. The maximum Gasteiger partial charge on any atom is 0.303 e. The summed E-state index contributed by atoms with van der Waals surface area (Å²) in [6.07, 6.45) is 1.55. The Balaban J connectivity index is 2.12. The number of fused-ring (bicyclic) bond motifs is 1. The number of hydrogen-bond acceptors (Lipinski definition) is 3. The van der Waals surface area contributed by atoms with E-state index < -0.39 is 5.97 Å². The van der Waals surface area contributed by atoms with E-state index in [0.717, 1.165) is 17.7 Å². The van der Waals surface area contributed by atoms with Crippen LogP contribution in [-0.2, 0) is 29.2 Å². The van der Waals surface area contributed by atoms with Crippen molar-refractivity contribution < 1.29 is 19.4 Å². The highest BCUT2D eigenvalue weighted by Crippen LogP contribution is 2.29. The monoisotopic (exact) mass is 236 g/mol. The summed E-state index contributed by atoms with van der Waals surface area (Å²) in [7, 11) is 1.64. The number of ether oxygens (including phenoxy) is 2. The highest BCUT2D eigenvalue weighted by Gasteiger charge is 2.15. The van der Waals surface area contributed by atoms with E-state index >= 15 is 0 Å². The van der Waals surface area contributed by atoms with Crippen molar-refractivity contribution >= 4 is 5.97 Å². The number of aryl methyl sites for hydroxylation is 1. The van der Waals surface area contributed by atoms with Crippen molar-refractivity contribution in [2.24, 2.45) is 0 Å². The molecule has 1 aliphatic heterocycles. The Bertz CT molecular complexity index is 426. The Morgan fingerprint density at radius 3 is 2.76 bits per heavy atom. The number of carbonyl (C=O) groups is 1. The average molecular weight is 236 g/mol. The first-order valence-electron chi connectivity index (χ1n) is 5.69. The third kappa shape index (κ3) is 2.77. The lowest BCUT2D eigenvalue weighted by atomic mass is 10.0. The summed E-state index contributed by atoms with van der Waals surface area (Å²) in [6, 6.07) is 4.07. The molecule has 1 heterocycles. The van der Waals surface area contributed by atoms with Crippen LogP contribution in [0.1, 0.15) is 29.5 Å². The van der Waals surface area contributed by atoms with Crippen molar-refractivity contribution in [3.05, 3.63) is 28.8 Å². The van der Waals surface area contributed by atoms with Crippen LogP contribution in [0.3, 0.4) is 0 Å². The molecule has 0 radical (unpaired) electrons. The van der Waals surface area contributed by atoms with E-state index in [1.54, 1.807) is 7.11 Å². The molecule has 0 spiro atoms. The molecule has 4 heteroatoms.